The van der Waals surface area contributed by atoms with Crippen LogP contribution in [-0.4, -0.2) is 22.3 Å². The molecule has 2 aromatic heterocycles. The predicted octanol–water partition coefficient (Wildman–Crippen LogP) is 3.37. The molecule has 1 aliphatic heterocycles. The lowest BCUT2D eigenvalue weighted by molar-refractivity contribution is -0.132. The molecule has 0 aromatic carbocycles. The third-order valence-corrected chi connectivity index (χ3v) is 4.66. The number of rotatable bonds is 4. The Labute approximate surface area is 117 Å². The van der Waals surface area contributed by atoms with E-state index in [4.69, 9.17) is 0 Å². The Morgan fingerprint density at radius 3 is 3.11 bits per heavy atom. The first kappa shape index (κ1) is 12.5. The standard InChI is InChI=1S/C15H18N2OS/c18-15(8-7-12-4-3-11-19-12)17-10-2-6-14(17)13-5-1-9-16-13/h1,3-5,9,11,14,16H,2,6-8,10H2. The molecule has 3 nitrogen and oxygen atoms in total. The zero-order chi connectivity index (χ0) is 13.1. The number of hydrogen-bond acceptors (Lipinski definition) is 2. The molecule has 1 fully saturated rings. The third-order valence-electron chi connectivity index (χ3n) is 3.72. The van der Waals surface area contributed by atoms with Crippen LogP contribution in [0.4, 0.5) is 0 Å². The quantitative estimate of drug-likeness (QED) is 0.911. The molecule has 1 N–H and O–H groups in total. The second-order valence-corrected chi connectivity index (χ2v) is 5.98. The monoisotopic (exact) mass is 274 g/mol. The number of H-pyrrole nitrogens is 1. The summed E-state index contributed by atoms with van der Waals surface area (Å²) in [4.78, 5) is 18.9. The van der Waals surface area contributed by atoms with E-state index in [1.165, 1.54) is 10.6 Å². The lowest BCUT2D eigenvalue weighted by atomic mass is 10.1. The van der Waals surface area contributed by atoms with Crippen LogP contribution in [0.1, 0.15) is 35.9 Å². The summed E-state index contributed by atoms with van der Waals surface area (Å²) in [5.41, 5.74) is 1.17. The number of amides is 1. The van der Waals surface area contributed by atoms with Gasteiger partial charge in [-0.2, -0.15) is 0 Å². The number of likely N-dealkylation sites (tertiary alicyclic amines) is 1. The highest BCUT2D eigenvalue weighted by Crippen LogP contribution is 2.31. The highest BCUT2D eigenvalue weighted by molar-refractivity contribution is 7.09. The fourth-order valence-electron chi connectivity index (χ4n) is 2.77. The Morgan fingerprint density at radius 1 is 1.42 bits per heavy atom. The number of aromatic nitrogens is 1. The van der Waals surface area contributed by atoms with Crippen molar-refractivity contribution in [2.24, 2.45) is 0 Å². The lowest BCUT2D eigenvalue weighted by Gasteiger charge is -2.24. The summed E-state index contributed by atoms with van der Waals surface area (Å²) in [6.45, 7) is 0.896. The normalized spacial score (nSPS) is 18.9. The molecule has 100 valence electrons. The van der Waals surface area contributed by atoms with E-state index in [9.17, 15) is 4.79 Å². The summed E-state index contributed by atoms with van der Waals surface area (Å²) in [7, 11) is 0. The molecule has 1 aliphatic rings. The molecule has 19 heavy (non-hydrogen) atoms. The number of hydrogen-bond donors (Lipinski definition) is 1. The first-order valence-electron chi connectivity index (χ1n) is 6.80. The molecular formula is C15H18N2OS. The van der Waals surface area contributed by atoms with Crippen molar-refractivity contribution in [2.45, 2.75) is 31.7 Å². The molecule has 0 spiro atoms. The van der Waals surface area contributed by atoms with Crippen molar-refractivity contribution in [2.75, 3.05) is 6.54 Å². The predicted molar refractivity (Wildman–Crippen MR) is 77.1 cm³/mol. The Balaban J connectivity index is 1.62. The molecule has 1 amide bonds. The van der Waals surface area contributed by atoms with E-state index in [1.807, 2.05) is 23.2 Å². The molecule has 3 rings (SSSR count). The van der Waals surface area contributed by atoms with Crippen molar-refractivity contribution in [3.05, 3.63) is 46.4 Å². The Kier molecular flexibility index (Phi) is 3.69. The summed E-state index contributed by atoms with van der Waals surface area (Å²) >= 11 is 1.73. The summed E-state index contributed by atoms with van der Waals surface area (Å²) in [5.74, 6) is 0.283. The van der Waals surface area contributed by atoms with Crippen LogP contribution in [0, 0.1) is 0 Å². The topological polar surface area (TPSA) is 36.1 Å². The number of thiophene rings is 1. The highest BCUT2D eigenvalue weighted by Gasteiger charge is 2.29. The van der Waals surface area contributed by atoms with Gasteiger partial charge in [0.1, 0.15) is 0 Å². The number of carbonyl (C=O) groups is 1. The van der Waals surface area contributed by atoms with E-state index in [0.29, 0.717) is 6.42 Å². The Bertz CT molecular complexity index is 518. The van der Waals surface area contributed by atoms with E-state index in [0.717, 1.165) is 25.8 Å². The van der Waals surface area contributed by atoms with Crippen molar-refractivity contribution < 1.29 is 4.79 Å². The molecule has 0 aliphatic carbocycles. The number of carbonyl (C=O) groups excluding carboxylic acids is 1. The number of nitrogens with zero attached hydrogens (tertiary/aromatic N) is 1. The van der Waals surface area contributed by atoms with E-state index in [-0.39, 0.29) is 11.9 Å². The molecule has 0 saturated carbocycles. The molecular weight excluding hydrogens is 256 g/mol. The van der Waals surface area contributed by atoms with Crippen molar-refractivity contribution in [1.29, 1.82) is 0 Å². The third kappa shape index (κ3) is 2.73. The van der Waals surface area contributed by atoms with Crippen molar-refractivity contribution >= 4 is 17.2 Å². The van der Waals surface area contributed by atoms with Gasteiger partial charge in [0.05, 0.1) is 6.04 Å². The first-order valence-corrected chi connectivity index (χ1v) is 7.68. The second-order valence-electron chi connectivity index (χ2n) is 4.95. The zero-order valence-electron chi connectivity index (χ0n) is 10.8. The van der Waals surface area contributed by atoms with Gasteiger partial charge in [0.15, 0.2) is 0 Å². The van der Waals surface area contributed by atoms with Crippen LogP contribution in [-0.2, 0) is 11.2 Å². The van der Waals surface area contributed by atoms with Gasteiger partial charge < -0.3 is 9.88 Å². The number of nitrogens with one attached hydrogen (secondary N) is 1. The van der Waals surface area contributed by atoms with Gasteiger partial charge in [0, 0.05) is 29.7 Å². The largest absolute Gasteiger partial charge is 0.363 e. The van der Waals surface area contributed by atoms with E-state index in [2.05, 4.69) is 22.5 Å². The van der Waals surface area contributed by atoms with Crippen LogP contribution in [0.15, 0.2) is 35.8 Å². The van der Waals surface area contributed by atoms with Crippen LogP contribution in [0.5, 0.6) is 0 Å². The van der Waals surface area contributed by atoms with Gasteiger partial charge in [0.2, 0.25) is 5.91 Å². The van der Waals surface area contributed by atoms with Gasteiger partial charge in [-0.05, 0) is 42.8 Å². The zero-order valence-corrected chi connectivity index (χ0v) is 11.7. The van der Waals surface area contributed by atoms with Crippen molar-refractivity contribution in [3.8, 4) is 0 Å². The summed E-state index contributed by atoms with van der Waals surface area (Å²) in [6, 6.07) is 8.48. The van der Waals surface area contributed by atoms with E-state index < -0.39 is 0 Å². The molecule has 1 saturated heterocycles. The molecule has 1 unspecified atom stereocenters. The highest BCUT2D eigenvalue weighted by atomic mass is 32.1. The van der Waals surface area contributed by atoms with Gasteiger partial charge >= 0.3 is 0 Å². The van der Waals surface area contributed by atoms with Crippen LogP contribution in [0.25, 0.3) is 0 Å². The first-order chi connectivity index (χ1) is 9.34. The van der Waals surface area contributed by atoms with Crippen molar-refractivity contribution in [1.82, 2.24) is 9.88 Å². The van der Waals surface area contributed by atoms with Gasteiger partial charge in [-0.3, -0.25) is 4.79 Å². The van der Waals surface area contributed by atoms with E-state index in [1.54, 1.807) is 11.3 Å². The summed E-state index contributed by atoms with van der Waals surface area (Å²) in [6.07, 6.45) is 5.60. The fourth-order valence-corrected chi connectivity index (χ4v) is 3.48. The number of aryl methyl sites for hydroxylation is 1. The summed E-state index contributed by atoms with van der Waals surface area (Å²) < 4.78 is 0. The Morgan fingerprint density at radius 2 is 2.37 bits per heavy atom. The minimum absolute atomic E-state index is 0.255. The molecule has 0 radical (unpaired) electrons. The van der Waals surface area contributed by atoms with Gasteiger partial charge in [-0.25, -0.2) is 0 Å². The number of aromatic amines is 1. The fraction of sp³-hybridized carbons (Fsp3) is 0.400. The van der Waals surface area contributed by atoms with Crippen LogP contribution >= 0.6 is 11.3 Å². The maximum absolute atomic E-state index is 12.4. The van der Waals surface area contributed by atoms with Crippen LogP contribution in [0.3, 0.4) is 0 Å². The smallest absolute Gasteiger partial charge is 0.223 e. The average Bonchev–Trinajstić information content (AvgIpc) is 3.14. The Hall–Kier alpha value is -1.55. The second kappa shape index (κ2) is 5.61. The van der Waals surface area contributed by atoms with Gasteiger partial charge in [0.25, 0.3) is 0 Å². The lowest BCUT2D eigenvalue weighted by Crippen LogP contribution is -2.30. The van der Waals surface area contributed by atoms with Gasteiger partial charge in [-0.15, -0.1) is 11.3 Å². The van der Waals surface area contributed by atoms with Crippen LogP contribution < -0.4 is 0 Å². The van der Waals surface area contributed by atoms with Crippen molar-refractivity contribution in [3.63, 3.8) is 0 Å². The minimum atomic E-state index is 0.255. The molecule has 3 heterocycles. The SMILES string of the molecule is O=C(CCc1cccs1)N1CCCC1c1ccc[nH]1. The maximum atomic E-state index is 12.4. The molecule has 2 aromatic rings. The maximum Gasteiger partial charge on any atom is 0.223 e. The molecule has 0 bridgehead atoms. The molecule has 1 atom stereocenters. The summed E-state index contributed by atoms with van der Waals surface area (Å²) in [5, 5.41) is 2.07. The van der Waals surface area contributed by atoms with Crippen LogP contribution in [0.2, 0.25) is 0 Å². The minimum Gasteiger partial charge on any atom is -0.363 e. The molecule has 4 heteroatoms. The van der Waals surface area contributed by atoms with E-state index >= 15 is 0 Å². The van der Waals surface area contributed by atoms with Gasteiger partial charge in [-0.1, -0.05) is 6.07 Å². The average molecular weight is 274 g/mol.